The summed E-state index contributed by atoms with van der Waals surface area (Å²) in [4.78, 5) is 0.817. The highest BCUT2D eigenvalue weighted by Crippen LogP contribution is 2.37. The van der Waals surface area contributed by atoms with Gasteiger partial charge in [-0.15, -0.1) is 10.2 Å². The number of aliphatic hydroxyl groups excluding tert-OH is 1. The molecule has 0 radical (unpaired) electrons. The Bertz CT molecular complexity index is 586. The Kier molecular flexibility index (Phi) is 4.83. The van der Waals surface area contributed by atoms with Crippen molar-refractivity contribution >= 4 is 34.9 Å². The third-order valence-electron chi connectivity index (χ3n) is 2.50. The minimum absolute atomic E-state index is 0.303. The van der Waals surface area contributed by atoms with Crippen LogP contribution in [0.15, 0.2) is 25.7 Å². The third kappa shape index (κ3) is 3.47. The summed E-state index contributed by atoms with van der Waals surface area (Å²) in [5, 5.41) is 17.8. The smallest absolute Gasteiger partial charge is 0.179 e. The second-order valence-electron chi connectivity index (χ2n) is 3.96. The predicted molar refractivity (Wildman–Crippen MR) is 77.6 cm³/mol. The van der Waals surface area contributed by atoms with Crippen molar-refractivity contribution in [3.8, 4) is 0 Å². The van der Waals surface area contributed by atoms with Crippen molar-refractivity contribution in [1.82, 2.24) is 10.2 Å². The normalized spacial score (nSPS) is 12.7. The first-order valence-electron chi connectivity index (χ1n) is 5.54. The molecule has 0 spiro atoms. The van der Waals surface area contributed by atoms with Gasteiger partial charge in [-0.05, 0) is 43.4 Å². The molecule has 0 aliphatic rings. The van der Waals surface area contributed by atoms with Crippen molar-refractivity contribution in [3.05, 3.63) is 29.1 Å². The zero-order valence-electron chi connectivity index (χ0n) is 10.7. The van der Waals surface area contributed by atoms with E-state index in [1.807, 2.05) is 6.26 Å². The van der Waals surface area contributed by atoms with Crippen LogP contribution in [0.5, 0.6) is 0 Å². The van der Waals surface area contributed by atoms with Crippen molar-refractivity contribution in [2.24, 2.45) is 0 Å². The van der Waals surface area contributed by atoms with E-state index in [4.69, 9.17) is 0 Å². The summed E-state index contributed by atoms with van der Waals surface area (Å²) in [6.45, 7) is 3.33. The summed E-state index contributed by atoms with van der Waals surface area (Å²) in [7, 11) is 0. The Morgan fingerprint density at radius 1 is 1.32 bits per heavy atom. The lowest BCUT2D eigenvalue weighted by Gasteiger charge is -2.12. The van der Waals surface area contributed by atoms with Gasteiger partial charge in [0, 0.05) is 4.90 Å². The number of hydrogen-bond acceptors (Lipinski definition) is 6. The minimum Gasteiger partial charge on any atom is -0.389 e. The maximum Gasteiger partial charge on any atom is 0.179 e. The molecule has 0 fully saturated rings. The fourth-order valence-corrected chi connectivity index (χ4v) is 4.19. The first kappa shape index (κ1) is 14.8. The third-order valence-corrected chi connectivity index (χ3v) is 5.52. The van der Waals surface area contributed by atoms with Gasteiger partial charge >= 0.3 is 0 Å². The molecule has 0 amide bonds. The molecule has 2 rings (SSSR count). The fourth-order valence-electron chi connectivity index (χ4n) is 1.50. The summed E-state index contributed by atoms with van der Waals surface area (Å²) >= 11 is 4.43. The van der Waals surface area contributed by atoms with Gasteiger partial charge in [0.25, 0.3) is 0 Å². The molecule has 1 heterocycles. The topological polar surface area (TPSA) is 46.0 Å². The molecule has 0 saturated heterocycles. The highest BCUT2D eigenvalue weighted by molar-refractivity contribution is 8.03. The van der Waals surface area contributed by atoms with Crippen LogP contribution in [-0.2, 0) is 0 Å². The molecule has 2 aromatic rings. The van der Waals surface area contributed by atoms with Gasteiger partial charge in [-0.3, -0.25) is 0 Å². The number of rotatable bonds is 4. The highest BCUT2D eigenvalue weighted by atomic mass is 32.2. The molecule has 0 aliphatic heterocycles. The standard InChI is InChI=1S/C12H13FN2OS3/c1-6-4-10(8(7(2)16)5-9(6)13)18-12-15-14-11(17-3)19-12/h4-5,7,16H,1-3H3. The first-order chi connectivity index (χ1) is 9.01. The van der Waals surface area contributed by atoms with E-state index in [2.05, 4.69) is 10.2 Å². The van der Waals surface area contributed by atoms with Crippen LogP contribution in [0.25, 0.3) is 0 Å². The van der Waals surface area contributed by atoms with E-state index in [1.165, 1.54) is 40.9 Å². The van der Waals surface area contributed by atoms with Crippen LogP contribution in [0.2, 0.25) is 0 Å². The molecule has 102 valence electrons. The fraction of sp³-hybridized carbons (Fsp3) is 0.333. The van der Waals surface area contributed by atoms with Crippen LogP contribution < -0.4 is 0 Å². The Labute approximate surface area is 123 Å². The number of nitrogens with zero attached hydrogens (tertiary/aromatic N) is 2. The zero-order chi connectivity index (χ0) is 14.0. The molecule has 1 unspecified atom stereocenters. The summed E-state index contributed by atoms with van der Waals surface area (Å²) in [6.07, 6.45) is 1.23. The van der Waals surface area contributed by atoms with Crippen LogP contribution in [-0.4, -0.2) is 21.6 Å². The summed E-state index contributed by atoms with van der Waals surface area (Å²) in [6, 6.07) is 3.13. The Morgan fingerprint density at radius 2 is 2.00 bits per heavy atom. The van der Waals surface area contributed by atoms with Crippen LogP contribution in [0.4, 0.5) is 4.39 Å². The monoisotopic (exact) mass is 316 g/mol. The van der Waals surface area contributed by atoms with Gasteiger partial charge < -0.3 is 5.11 Å². The molecule has 7 heteroatoms. The lowest BCUT2D eigenvalue weighted by Crippen LogP contribution is -1.97. The van der Waals surface area contributed by atoms with Crippen LogP contribution in [0.3, 0.4) is 0 Å². The zero-order valence-corrected chi connectivity index (χ0v) is 13.1. The van der Waals surface area contributed by atoms with E-state index in [9.17, 15) is 9.50 Å². The van der Waals surface area contributed by atoms with E-state index in [1.54, 1.807) is 19.9 Å². The van der Waals surface area contributed by atoms with Crippen molar-refractivity contribution in [2.45, 2.75) is 33.5 Å². The molecular formula is C12H13FN2OS3. The van der Waals surface area contributed by atoms with Gasteiger partial charge in [0.15, 0.2) is 8.68 Å². The van der Waals surface area contributed by atoms with E-state index in [0.717, 1.165) is 13.6 Å². The number of aryl methyl sites for hydroxylation is 1. The molecule has 3 nitrogen and oxygen atoms in total. The first-order valence-corrected chi connectivity index (χ1v) is 8.40. The van der Waals surface area contributed by atoms with E-state index < -0.39 is 6.10 Å². The largest absolute Gasteiger partial charge is 0.389 e. The lowest BCUT2D eigenvalue weighted by atomic mass is 10.1. The summed E-state index contributed by atoms with van der Waals surface area (Å²) in [5.41, 5.74) is 1.13. The average Bonchev–Trinajstić information content (AvgIpc) is 2.81. The Morgan fingerprint density at radius 3 is 2.58 bits per heavy atom. The predicted octanol–water partition coefficient (Wildman–Crippen LogP) is 3.91. The van der Waals surface area contributed by atoms with Crippen LogP contribution in [0, 0.1) is 12.7 Å². The number of aliphatic hydroxyl groups is 1. The van der Waals surface area contributed by atoms with Crippen molar-refractivity contribution in [1.29, 1.82) is 0 Å². The van der Waals surface area contributed by atoms with E-state index >= 15 is 0 Å². The van der Waals surface area contributed by atoms with Gasteiger partial charge in [0.1, 0.15) is 5.82 Å². The second kappa shape index (κ2) is 6.21. The minimum atomic E-state index is -0.717. The highest BCUT2D eigenvalue weighted by Gasteiger charge is 2.15. The van der Waals surface area contributed by atoms with Crippen LogP contribution >= 0.6 is 34.9 Å². The Balaban J connectivity index is 2.35. The number of benzene rings is 1. The van der Waals surface area contributed by atoms with Gasteiger partial charge in [-0.2, -0.15) is 0 Å². The molecule has 0 aliphatic carbocycles. The molecule has 1 N–H and O–H groups in total. The van der Waals surface area contributed by atoms with E-state index in [0.29, 0.717) is 11.1 Å². The van der Waals surface area contributed by atoms with Crippen molar-refractivity contribution in [2.75, 3.05) is 6.26 Å². The Hall–Kier alpha value is -0.630. The van der Waals surface area contributed by atoms with Gasteiger partial charge in [-0.25, -0.2) is 4.39 Å². The molecule has 0 bridgehead atoms. The summed E-state index contributed by atoms with van der Waals surface area (Å²) in [5.74, 6) is -0.303. The molecule has 1 aromatic carbocycles. The van der Waals surface area contributed by atoms with Crippen molar-refractivity contribution in [3.63, 3.8) is 0 Å². The van der Waals surface area contributed by atoms with Crippen molar-refractivity contribution < 1.29 is 9.50 Å². The number of hydrogen-bond donors (Lipinski definition) is 1. The second-order valence-corrected chi connectivity index (χ2v) is 7.28. The quantitative estimate of drug-likeness (QED) is 0.867. The molecule has 1 aromatic heterocycles. The average molecular weight is 316 g/mol. The number of thioether (sulfide) groups is 1. The van der Waals surface area contributed by atoms with Gasteiger partial charge in [0.2, 0.25) is 0 Å². The maximum absolute atomic E-state index is 13.6. The van der Waals surface area contributed by atoms with E-state index in [-0.39, 0.29) is 5.82 Å². The SMILES string of the molecule is CSc1nnc(Sc2cc(C)c(F)cc2C(C)O)s1. The lowest BCUT2D eigenvalue weighted by molar-refractivity contribution is 0.196. The van der Waals surface area contributed by atoms with Gasteiger partial charge in [-0.1, -0.05) is 34.9 Å². The summed E-state index contributed by atoms with van der Waals surface area (Å²) < 4.78 is 15.2. The van der Waals surface area contributed by atoms with Crippen LogP contribution in [0.1, 0.15) is 24.2 Å². The maximum atomic E-state index is 13.6. The number of aromatic nitrogens is 2. The molecule has 0 saturated carbocycles. The van der Waals surface area contributed by atoms with Gasteiger partial charge in [0.05, 0.1) is 6.10 Å². The molecular weight excluding hydrogens is 303 g/mol. The number of halogens is 1. The molecule has 19 heavy (non-hydrogen) atoms. The molecule has 1 atom stereocenters.